The van der Waals surface area contributed by atoms with Crippen molar-refractivity contribution in [1.29, 1.82) is 0 Å². The summed E-state index contributed by atoms with van der Waals surface area (Å²) in [6.07, 6.45) is 5.04. The van der Waals surface area contributed by atoms with E-state index in [-0.39, 0.29) is 18.0 Å². The number of aromatic nitrogens is 1. The van der Waals surface area contributed by atoms with Crippen molar-refractivity contribution in [3.05, 3.63) is 30.1 Å². The van der Waals surface area contributed by atoms with Gasteiger partial charge in [0.15, 0.2) is 5.78 Å². The molecule has 74 valence electrons. The van der Waals surface area contributed by atoms with E-state index in [1.165, 1.54) is 13.0 Å². The number of aryl methyl sites for hydroxylation is 1. The fourth-order valence-corrected chi connectivity index (χ4v) is 1.13. The average molecular weight is 191 g/mol. The summed E-state index contributed by atoms with van der Waals surface area (Å²) in [5.41, 5.74) is 0.946. The summed E-state index contributed by atoms with van der Waals surface area (Å²) < 4.78 is 1.90. The van der Waals surface area contributed by atoms with E-state index in [4.69, 9.17) is 0 Å². The first kappa shape index (κ1) is 10.4. The van der Waals surface area contributed by atoms with Crippen LogP contribution >= 0.6 is 0 Å². The summed E-state index contributed by atoms with van der Waals surface area (Å²) in [7, 11) is 1.90. The monoisotopic (exact) mass is 191 g/mol. The predicted octanol–water partition coefficient (Wildman–Crippen LogP) is 1.59. The molecule has 0 unspecified atom stereocenters. The third-order valence-electron chi connectivity index (χ3n) is 1.85. The Bertz CT molecular complexity index is 374. The van der Waals surface area contributed by atoms with E-state index in [1.54, 1.807) is 6.08 Å². The second-order valence-corrected chi connectivity index (χ2v) is 3.22. The van der Waals surface area contributed by atoms with Crippen LogP contribution in [0.5, 0.6) is 0 Å². The lowest BCUT2D eigenvalue weighted by molar-refractivity contribution is -0.123. The first-order valence-electron chi connectivity index (χ1n) is 4.41. The molecule has 0 amide bonds. The normalized spacial score (nSPS) is 10.7. The molecule has 1 aromatic heterocycles. The molecule has 0 atom stereocenters. The molecule has 0 bridgehead atoms. The minimum atomic E-state index is -0.154. The predicted molar refractivity (Wildman–Crippen MR) is 54.8 cm³/mol. The second-order valence-electron chi connectivity index (χ2n) is 3.22. The molecule has 14 heavy (non-hydrogen) atoms. The molecule has 3 nitrogen and oxygen atoms in total. The Morgan fingerprint density at radius 3 is 2.71 bits per heavy atom. The number of ketones is 2. The minimum Gasteiger partial charge on any atom is -0.351 e. The molecule has 0 saturated carbocycles. The van der Waals surface area contributed by atoms with Crippen LogP contribution in [0.2, 0.25) is 0 Å². The van der Waals surface area contributed by atoms with Crippen LogP contribution in [-0.4, -0.2) is 16.1 Å². The first-order valence-corrected chi connectivity index (χ1v) is 4.41. The highest BCUT2D eigenvalue weighted by Gasteiger charge is 2.00. The number of allylic oxidation sites excluding steroid dienone is 1. The van der Waals surface area contributed by atoms with Gasteiger partial charge >= 0.3 is 0 Å². The fourth-order valence-electron chi connectivity index (χ4n) is 1.13. The molecular formula is C11H13NO2. The smallest absolute Gasteiger partial charge is 0.163 e. The van der Waals surface area contributed by atoms with Crippen LogP contribution in [0.1, 0.15) is 19.0 Å². The van der Waals surface area contributed by atoms with Crippen LogP contribution in [-0.2, 0) is 16.6 Å². The van der Waals surface area contributed by atoms with Gasteiger partial charge in [-0.3, -0.25) is 9.59 Å². The van der Waals surface area contributed by atoms with Crippen LogP contribution in [0, 0.1) is 0 Å². The molecule has 0 radical (unpaired) electrons. The summed E-state index contributed by atoms with van der Waals surface area (Å²) in [5, 5.41) is 0. The molecule has 1 rings (SSSR count). The van der Waals surface area contributed by atoms with Gasteiger partial charge < -0.3 is 4.57 Å². The molecular weight excluding hydrogens is 178 g/mol. The number of carbonyl (C=O) groups excluding carboxylic acids is 2. The summed E-state index contributed by atoms with van der Waals surface area (Å²) >= 11 is 0. The largest absolute Gasteiger partial charge is 0.351 e. The summed E-state index contributed by atoms with van der Waals surface area (Å²) in [4.78, 5) is 21.8. The van der Waals surface area contributed by atoms with Gasteiger partial charge in [0.05, 0.1) is 6.42 Å². The van der Waals surface area contributed by atoms with Crippen molar-refractivity contribution in [1.82, 2.24) is 4.57 Å². The second kappa shape index (κ2) is 4.56. The molecule has 3 heteroatoms. The van der Waals surface area contributed by atoms with Crippen molar-refractivity contribution in [3.8, 4) is 0 Å². The van der Waals surface area contributed by atoms with E-state index < -0.39 is 0 Å². The maximum Gasteiger partial charge on any atom is 0.163 e. The van der Waals surface area contributed by atoms with Crippen molar-refractivity contribution >= 4 is 17.6 Å². The van der Waals surface area contributed by atoms with Crippen molar-refractivity contribution in [2.45, 2.75) is 13.3 Å². The number of hydrogen-bond donors (Lipinski definition) is 0. The molecule has 1 aromatic rings. The van der Waals surface area contributed by atoms with Gasteiger partial charge in [0.1, 0.15) is 5.78 Å². The van der Waals surface area contributed by atoms with Crippen molar-refractivity contribution in [3.63, 3.8) is 0 Å². The molecule has 0 N–H and O–H groups in total. The van der Waals surface area contributed by atoms with E-state index in [9.17, 15) is 9.59 Å². The SMILES string of the molecule is CC(=O)CC(=O)C=Cc1cccn1C. The number of rotatable bonds is 4. The molecule has 0 fully saturated rings. The number of hydrogen-bond acceptors (Lipinski definition) is 2. The Morgan fingerprint density at radius 2 is 2.21 bits per heavy atom. The standard InChI is InChI=1S/C11H13NO2/c1-9(13)8-11(14)6-5-10-4-3-7-12(10)2/h3-7H,8H2,1-2H3. The molecule has 0 aliphatic carbocycles. The third kappa shape index (κ3) is 3.01. The minimum absolute atomic E-state index is 0.0130. The zero-order chi connectivity index (χ0) is 10.6. The maximum absolute atomic E-state index is 11.1. The summed E-state index contributed by atoms with van der Waals surface area (Å²) in [6, 6.07) is 3.80. The summed E-state index contributed by atoms with van der Waals surface area (Å²) in [6.45, 7) is 1.41. The molecule has 0 spiro atoms. The van der Waals surface area contributed by atoms with E-state index in [2.05, 4.69) is 0 Å². The van der Waals surface area contributed by atoms with Crippen LogP contribution in [0.25, 0.3) is 6.08 Å². The topological polar surface area (TPSA) is 39.1 Å². The van der Waals surface area contributed by atoms with E-state index in [1.807, 2.05) is 29.9 Å². The lowest BCUT2D eigenvalue weighted by Gasteiger charge is -1.94. The van der Waals surface area contributed by atoms with Crippen LogP contribution < -0.4 is 0 Å². The van der Waals surface area contributed by atoms with Crippen molar-refractivity contribution in [2.75, 3.05) is 0 Å². The van der Waals surface area contributed by atoms with E-state index in [0.717, 1.165) is 5.69 Å². The fraction of sp³-hybridized carbons (Fsp3) is 0.273. The van der Waals surface area contributed by atoms with Gasteiger partial charge in [-0.25, -0.2) is 0 Å². The van der Waals surface area contributed by atoms with Crippen LogP contribution in [0.3, 0.4) is 0 Å². The van der Waals surface area contributed by atoms with Gasteiger partial charge in [-0.05, 0) is 31.2 Å². The Hall–Kier alpha value is -1.64. The Labute approximate surface area is 83.0 Å². The van der Waals surface area contributed by atoms with Crippen LogP contribution in [0.4, 0.5) is 0 Å². The van der Waals surface area contributed by atoms with E-state index >= 15 is 0 Å². The Morgan fingerprint density at radius 1 is 1.50 bits per heavy atom. The third-order valence-corrected chi connectivity index (χ3v) is 1.85. The highest BCUT2D eigenvalue weighted by atomic mass is 16.1. The van der Waals surface area contributed by atoms with E-state index in [0.29, 0.717) is 0 Å². The maximum atomic E-state index is 11.1. The number of Topliss-reactive ketones (excluding diaryl/α,β-unsaturated/α-hetero) is 1. The number of nitrogens with zero attached hydrogens (tertiary/aromatic N) is 1. The first-order chi connectivity index (χ1) is 6.59. The molecule has 1 heterocycles. The molecule has 0 aliphatic rings. The Kier molecular flexibility index (Phi) is 3.40. The highest BCUT2D eigenvalue weighted by molar-refractivity contribution is 6.05. The lowest BCUT2D eigenvalue weighted by atomic mass is 10.2. The van der Waals surface area contributed by atoms with Gasteiger partial charge in [0.2, 0.25) is 0 Å². The highest BCUT2D eigenvalue weighted by Crippen LogP contribution is 2.02. The van der Waals surface area contributed by atoms with Crippen LogP contribution in [0.15, 0.2) is 24.4 Å². The van der Waals surface area contributed by atoms with Gasteiger partial charge in [-0.2, -0.15) is 0 Å². The number of carbonyl (C=O) groups is 2. The van der Waals surface area contributed by atoms with Gasteiger partial charge in [0.25, 0.3) is 0 Å². The zero-order valence-corrected chi connectivity index (χ0v) is 8.36. The van der Waals surface area contributed by atoms with Gasteiger partial charge in [0, 0.05) is 18.9 Å². The molecule has 0 saturated heterocycles. The van der Waals surface area contributed by atoms with Crippen molar-refractivity contribution < 1.29 is 9.59 Å². The van der Waals surface area contributed by atoms with Gasteiger partial charge in [-0.1, -0.05) is 0 Å². The Balaban J connectivity index is 2.60. The molecule has 0 aromatic carbocycles. The zero-order valence-electron chi connectivity index (χ0n) is 8.36. The average Bonchev–Trinajstić information content (AvgIpc) is 2.46. The van der Waals surface area contributed by atoms with Gasteiger partial charge in [-0.15, -0.1) is 0 Å². The molecule has 0 aliphatic heterocycles. The summed E-state index contributed by atoms with van der Waals surface area (Å²) in [5.74, 6) is -0.259. The lowest BCUT2D eigenvalue weighted by Crippen LogP contribution is -2.00. The van der Waals surface area contributed by atoms with Crippen molar-refractivity contribution in [2.24, 2.45) is 7.05 Å². The quantitative estimate of drug-likeness (QED) is 0.535.